The number of hydrogen-bond acceptors (Lipinski definition) is 3. The number of rotatable bonds is 7. The Bertz CT molecular complexity index is 1160. The van der Waals surface area contributed by atoms with Gasteiger partial charge >= 0.3 is 5.97 Å². The molecular weight excluding hydrogens is 478 g/mol. The standard InChI is InChI=1S/C28H32BrNO3/c1-3-9-26(31)30-16-8-7-13-25(30)28(33-27(32)10-4-2)24-17-19-11-5-6-12-21(19)23-18-20(29)14-15-22(23)24/h5-6,11-12,14-15,17-18,25,28H,3-4,7-10,13,16H2,1-2H3. The number of esters is 1. The zero-order chi connectivity index (χ0) is 23.4. The molecule has 1 fully saturated rings. The van der Waals surface area contributed by atoms with E-state index >= 15 is 0 Å². The van der Waals surface area contributed by atoms with Crippen LogP contribution in [0, 0.1) is 0 Å². The van der Waals surface area contributed by atoms with Gasteiger partial charge in [-0.2, -0.15) is 0 Å². The minimum atomic E-state index is -0.488. The highest BCUT2D eigenvalue weighted by atomic mass is 79.9. The van der Waals surface area contributed by atoms with Crippen LogP contribution in [-0.4, -0.2) is 29.4 Å². The van der Waals surface area contributed by atoms with Crippen LogP contribution in [0.5, 0.6) is 0 Å². The minimum absolute atomic E-state index is 0.147. The summed E-state index contributed by atoms with van der Waals surface area (Å²) in [6.07, 6.45) is 4.82. The SMILES string of the molecule is CCCC(=O)OC(c1cc2ccccc2c2cc(Br)ccc12)C1CCCCN1C(=O)CCC. The third-order valence-electron chi connectivity index (χ3n) is 6.56. The number of benzene rings is 3. The fourth-order valence-electron chi connectivity index (χ4n) is 5.03. The molecule has 0 N–H and O–H groups in total. The molecule has 1 aliphatic rings. The van der Waals surface area contributed by atoms with Gasteiger partial charge in [0.1, 0.15) is 6.10 Å². The maximum Gasteiger partial charge on any atom is 0.306 e. The van der Waals surface area contributed by atoms with Gasteiger partial charge in [0.05, 0.1) is 6.04 Å². The van der Waals surface area contributed by atoms with Crippen molar-refractivity contribution in [3.05, 3.63) is 58.6 Å². The summed E-state index contributed by atoms with van der Waals surface area (Å²) in [5.41, 5.74) is 0.988. The lowest BCUT2D eigenvalue weighted by molar-refractivity contribution is -0.158. The summed E-state index contributed by atoms with van der Waals surface area (Å²) in [6, 6.07) is 16.6. The molecule has 3 aromatic carbocycles. The fraction of sp³-hybridized carbons (Fsp3) is 0.429. The quantitative estimate of drug-likeness (QED) is 0.247. The van der Waals surface area contributed by atoms with Crippen molar-refractivity contribution < 1.29 is 14.3 Å². The van der Waals surface area contributed by atoms with Gasteiger partial charge in [0.15, 0.2) is 0 Å². The van der Waals surface area contributed by atoms with Gasteiger partial charge in [0, 0.05) is 29.4 Å². The third kappa shape index (κ3) is 5.08. The number of carbonyl (C=O) groups is 2. The molecule has 1 heterocycles. The molecule has 4 nitrogen and oxygen atoms in total. The van der Waals surface area contributed by atoms with E-state index in [1.165, 1.54) is 5.39 Å². The number of fused-ring (bicyclic) bond motifs is 3. The summed E-state index contributed by atoms with van der Waals surface area (Å²) >= 11 is 3.62. The van der Waals surface area contributed by atoms with E-state index < -0.39 is 6.10 Å². The van der Waals surface area contributed by atoms with Crippen molar-refractivity contribution in [2.24, 2.45) is 0 Å². The number of amides is 1. The number of piperidine rings is 1. The molecule has 0 bridgehead atoms. The van der Waals surface area contributed by atoms with Crippen molar-refractivity contribution in [2.45, 2.75) is 70.9 Å². The summed E-state index contributed by atoms with van der Waals surface area (Å²) < 4.78 is 7.23. The number of halogens is 1. The first kappa shape index (κ1) is 23.7. The summed E-state index contributed by atoms with van der Waals surface area (Å²) in [5.74, 6) is -0.0408. The van der Waals surface area contributed by atoms with Gasteiger partial charge in [-0.1, -0.05) is 60.1 Å². The van der Waals surface area contributed by atoms with Crippen molar-refractivity contribution in [1.82, 2.24) is 4.90 Å². The number of likely N-dealkylation sites (tertiary alicyclic amines) is 1. The predicted molar refractivity (Wildman–Crippen MR) is 137 cm³/mol. The van der Waals surface area contributed by atoms with E-state index in [1.807, 2.05) is 36.9 Å². The van der Waals surface area contributed by atoms with E-state index in [0.717, 1.165) is 64.8 Å². The van der Waals surface area contributed by atoms with Gasteiger partial charge in [-0.15, -0.1) is 0 Å². The van der Waals surface area contributed by atoms with E-state index in [4.69, 9.17) is 4.74 Å². The first-order valence-corrected chi connectivity index (χ1v) is 12.9. The maximum atomic E-state index is 13.1. The summed E-state index contributed by atoms with van der Waals surface area (Å²) in [6.45, 7) is 4.74. The molecule has 174 valence electrons. The van der Waals surface area contributed by atoms with E-state index in [-0.39, 0.29) is 17.9 Å². The summed E-state index contributed by atoms with van der Waals surface area (Å²) in [4.78, 5) is 27.8. The van der Waals surface area contributed by atoms with Crippen LogP contribution < -0.4 is 0 Å². The third-order valence-corrected chi connectivity index (χ3v) is 7.05. The van der Waals surface area contributed by atoms with Crippen LogP contribution in [0.4, 0.5) is 0 Å². The molecule has 2 unspecified atom stereocenters. The van der Waals surface area contributed by atoms with Gasteiger partial charge in [-0.3, -0.25) is 9.59 Å². The lowest BCUT2D eigenvalue weighted by Crippen LogP contribution is -2.47. The molecule has 4 rings (SSSR count). The largest absolute Gasteiger partial charge is 0.455 e. The zero-order valence-corrected chi connectivity index (χ0v) is 21.1. The summed E-state index contributed by atoms with van der Waals surface area (Å²) in [7, 11) is 0. The van der Waals surface area contributed by atoms with E-state index in [2.05, 4.69) is 46.3 Å². The molecule has 0 saturated carbocycles. The Kier molecular flexibility index (Phi) is 7.69. The van der Waals surface area contributed by atoms with Crippen LogP contribution in [0.15, 0.2) is 53.0 Å². The Morgan fingerprint density at radius 1 is 1.00 bits per heavy atom. The van der Waals surface area contributed by atoms with Crippen LogP contribution in [0.3, 0.4) is 0 Å². The van der Waals surface area contributed by atoms with E-state index in [1.54, 1.807) is 0 Å². The Balaban J connectivity index is 1.89. The normalized spacial score (nSPS) is 17.3. The molecule has 0 aliphatic carbocycles. The van der Waals surface area contributed by atoms with Crippen molar-refractivity contribution in [3.63, 3.8) is 0 Å². The van der Waals surface area contributed by atoms with Crippen LogP contribution in [-0.2, 0) is 14.3 Å². The molecule has 2 atom stereocenters. The number of hydrogen-bond donors (Lipinski definition) is 0. The van der Waals surface area contributed by atoms with Crippen molar-refractivity contribution in [3.8, 4) is 0 Å². The first-order valence-electron chi connectivity index (χ1n) is 12.1. The molecule has 0 radical (unpaired) electrons. The fourth-order valence-corrected chi connectivity index (χ4v) is 5.39. The molecule has 5 heteroatoms. The highest BCUT2D eigenvalue weighted by Crippen LogP contribution is 2.39. The van der Waals surface area contributed by atoms with Crippen LogP contribution in [0.1, 0.15) is 70.5 Å². The maximum absolute atomic E-state index is 13.1. The van der Waals surface area contributed by atoms with Gasteiger partial charge in [-0.25, -0.2) is 0 Å². The molecule has 1 amide bonds. The monoisotopic (exact) mass is 509 g/mol. The van der Waals surface area contributed by atoms with E-state index in [9.17, 15) is 9.59 Å². The van der Waals surface area contributed by atoms with Crippen LogP contribution in [0.2, 0.25) is 0 Å². The Hall–Kier alpha value is -2.40. The van der Waals surface area contributed by atoms with Crippen molar-refractivity contribution in [1.29, 1.82) is 0 Å². The van der Waals surface area contributed by atoms with Gasteiger partial charge in [0.25, 0.3) is 0 Å². The molecule has 1 saturated heterocycles. The first-order chi connectivity index (χ1) is 16.0. The Labute approximate surface area is 204 Å². The second-order valence-corrected chi connectivity index (χ2v) is 9.85. The smallest absolute Gasteiger partial charge is 0.306 e. The minimum Gasteiger partial charge on any atom is -0.455 e. The summed E-state index contributed by atoms with van der Waals surface area (Å²) in [5, 5.41) is 4.46. The lowest BCUT2D eigenvalue weighted by Gasteiger charge is -2.40. The van der Waals surface area contributed by atoms with Crippen molar-refractivity contribution in [2.75, 3.05) is 6.54 Å². The topological polar surface area (TPSA) is 46.6 Å². The number of ether oxygens (including phenoxy) is 1. The van der Waals surface area contributed by atoms with Crippen LogP contribution >= 0.6 is 15.9 Å². The molecule has 33 heavy (non-hydrogen) atoms. The Morgan fingerprint density at radius 3 is 2.58 bits per heavy atom. The molecular formula is C28H32BrNO3. The zero-order valence-electron chi connectivity index (χ0n) is 19.5. The molecule has 0 spiro atoms. The Morgan fingerprint density at radius 2 is 1.79 bits per heavy atom. The van der Waals surface area contributed by atoms with E-state index in [0.29, 0.717) is 12.8 Å². The molecule has 3 aromatic rings. The number of nitrogens with zero attached hydrogens (tertiary/aromatic N) is 1. The second-order valence-electron chi connectivity index (χ2n) is 8.94. The second kappa shape index (κ2) is 10.7. The molecule has 1 aliphatic heterocycles. The van der Waals surface area contributed by atoms with Crippen LogP contribution in [0.25, 0.3) is 21.5 Å². The predicted octanol–water partition coefficient (Wildman–Crippen LogP) is 7.32. The van der Waals surface area contributed by atoms with Gasteiger partial charge < -0.3 is 9.64 Å². The highest BCUT2D eigenvalue weighted by Gasteiger charge is 2.36. The average Bonchev–Trinajstić information content (AvgIpc) is 2.82. The number of carbonyl (C=O) groups excluding carboxylic acids is 2. The van der Waals surface area contributed by atoms with Gasteiger partial charge in [-0.05, 0) is 71.8 Å². The highest BCUT2D eigenvalue weighted by molar-refractivity contribution is 9.10. The lowest BCUT2D eigenvalue weighted by atomic mass is 9.87. The van der Waals surface area contributed by atoms with Gasteiger partial charge in [0.2, 0.25) is 5.91 Å². The van der Waals surface area contributed by atoms with Crippen molar-refractivity contribution >= 4 is 49.4 Å². The average molecular weight is 510 g/mol. The molecule has 0 aromatic heterocycles.